The van der Waals surface area contributed by atoms with Crippen molar-refractivity contribution >= 4 is 18.0 Å². The lowest BCUT2D eigenvalue weighted by atomic mass is 9.79. The SMILES string of the molecule is COC1=N[C@H](C(C)(C)C)N(C(=O)OC(C)(C)C)[C@H]1C(CC(=O)Oc1c(C(C)(C)C)cc(OC)cc1C(C)(C)C)c1ccccc1. The Morgan fingerprint density at radius 3 is 1.78 bits per heavy atom. The third-order valence-corrected chi connectivity index (χ3v) is 7.78. The molecule has 3 rings (SSSR count). The molecule has 1 aliphatic heterocycles. The van der Waals surface area contributed by atoms with Crippen LogP contribution in [-0.2, 0) is 25.1 Å². The van der Waals surface area contributed by atoms with Crippen LogP contribution < -0.4 is 9.47 Å². The summed E-state index contributed by atoms with van der Waals surface area (Å²) in [4.78, 5) is 34.6. The number of nitrogens with zero attached hydrogens (tertiary/aromatic N) is 2. The molecule has 0 aromatic heterocycles. The van der Waals surface area contributed by atoms with Gasteiger partial charge in [0.1, 0.15) is 29.3 Å². The van der Waals surface area contributed by atoms with Gasteiger partial charge >= 0.3 is 12.1 Å². The molecule has 0 spiro atoms. The molecule has 2 aromatic carbocycles. The summed E-state index contributed by atoms with van der Waals surface area (Å²) >= 11 is 0. The molecule has 45 heavy (non-hydrogen) atoms. The summed E-state index contributed by atoms with van der Waals surface area (Å²) in [6.07, 6.45) is -1.12. The molecule has 1 heterocycles. The number of hydrogen-bond acceptors (Lipinski definition) is 7. The molecule has 1 amide bonds. The average molecular weight is 623 g/mol. The maximum Gasteiger partial charge on any atom is 0.412 e. The van der Waals surface area contributed by atoms with Crippen molar-refractivity contribution < 1.29 is 28.5 Å². The lowest BCUT2D eigenvalue weighted by Gasteiger charge is -2.39. The molecular weight excluding hydrogens is 568 g/mol. The van der Waals surface area contributed by atoms with E-state index in [9.17, 15) is 9.59 Å². The zero-order chi connectivity index (χ0) is 34.1. The Morgan fingerprint density at radius 2 is 1.36 bits per heavy atom. The van der Waals surface area contributed by atoms with Gasteiger partial charge in [-0.3, -0.25) is 9.69 Å². The normalized spacial score (nSPS) is 18.3. The monoisotopic (exact) mass is 622 g/mol. The Hall–Kier alpha value is -3.55. The maximum absolute atomic E-state index is 14.2. The van der Waals surface area contributed by atoms with E-state index < -0.39 is 41.2 Å². The molecule has 0 N–H and O–H groups in total. The van der Waals surface area contributed by atoms with Gasteiger partial charge in [-0.25, -0.2) is 9.79 Å². The van der Waals surface area contributed by atoms with E-state index >= 15 is 0 Å². The van der Waals surface area contributed by atoms with Gasteiger partial charge in [0.05, 0.1) is 20.6 Å². The average Bonchev–Trinajstić information content (AvgIpc) is 3.30. The van der Waals surface area contributed by atoms with Crippen LogP contribution in [0.5, 0.6) is 11.5 Å². The molecule has 0 aliphatic carbocycles. The molecule has 3 atom stereocenters. The second kappa shape index (κ2) is 13.1. The number of amides is 1. The molecule has 1 aliphatic rings. The zero-order valence-corrected chi connectivity index (χ0v) is 29.8. The predicted octanol–water partition coefficient (Wildman–Crippen LogP) is 8.41. The van der Waals surface area contributed by atoms with Gasteiger partial charge in [-0.2, -0.15) is 0 Å². The highest BCUT2D eigenvalue weighted by Gasteiger charge is 2.51. The lowest BCUT2D eigenvalue weighted by Crippen LogP contribution is -2.53. The van der Waals surface area contributed by atoms with Crippen molar-refractivity contribution in [1.82, 2.24) is 4.90 Å². The Bertz CT molecular complexity index is 1350. The van der Waals surface area contributed by atoms with Gasteiger partial charge in [0.2, 0.25) is 5.90 Å². The fourth-order valence-corrected chi connectivity index (χ4v) is 5.60. The number of methoxy groups -OCH3 is 2. The topological polar surface area (TPSA) is 86.7 Å². The molecule has 0 fully saturated rings. The molecule has 0 saturated carbocycles. The standard InChI is InChI=1S/C37H54N2O6/c1-34(2,3)26-20-24(42-13)21-27(35(4,5)6)30(26)44-28(40)22-25(23-18-16-15-17-19-23)29-31(43-14)38-32(36(7,8)9)39(29)33(41)45-37(10,11)12/h15-21,25,29,32H,22H2,1-14H3/t25?,29-,32-/m0/s1. The fourth-order valence-electron chi connectivity index (χ4n) is 5.60. The molecule has 8 heteroatoms. The van der Waals surface area contributed by atoms with Gasteiger partial charge in [0, 0.05) is 22.5 Å². The molecule has 1 unspecified atom stereocenters. The van der Waals surface area contributed by atoms with Crippen LogP contribution in [0.4, 0.5) is 4.79 Å². The second-order valence-corrected chi connectivity index (χ2v) is 16.0. The number of hydrogen-bond donors (Lipinski definition) is 0. The minimum atomic E-state index is -0.734. The molecule has 2 aromatic rings. The Morgan fingerprint density at radius 1 is 0.822 bits per heavy atom. The first kappa shape index (κ1) is 35.9. The second-order valence-electron chi connectivity index (χ2n) is 16.0. The number of ether oxygens (including phenoxy) is 4. The van der Waals surface area contributed by atoms with E-state index in [2.05, 4.69) is 41.5 Å². The first-order chi connectivity index (χ1) is 20.6. The van der Waals surface area contributed by atoms with E-state index in [0.717, 1.165) is 16.7 Å². The number of esters is 1. The third kappa shape index (κ3) is 8.59. The lowest BCUT2D eigenvalue weighted by molar-refractivity contribution is -0.135. The van der Waals surface area contributed by atoms with Crippen LogP contribution in [0, 0.1) is 5.41 Å². The van der Waals surface area contributed by atoms with Crippen molar-refractivity contribution in [1.29, 1.82) is 0 Å². The summed E-state index contributed by atoms with van der Waals surface area (Å²) < 4.78 is 23.8. The van der Waals surface area contributed by atoms with Gasteiger partial charge in [0.25, 0.3) is 0 Å². The van der Waals surface area contributed by atoms with Gasteiger partial charge in [-0.05, 0) is 49.3 Å². The van der Waals surface area contributed by atoms with Crippen LogP contribution in [0.25, 0.3) is 0 Å². The highest BCUT2D eigenvalue weighted by Crippen LogP contribution is 2.44. The highest BCUT2D eigenvalue weighted by molar-refractivity contribution is 5.91. The number of benzene rings is 2. The van der Waals surface area contributed by atoms with E-state index in [-0.39, 0.29) is 17.3 Å². The summed E-state index contributed by atoms with van der Waals surface area (Å²) in [6.45, 7) is 24.1. The van der Waals surface area contributed by atoms with Crippen LogP contribution >= 0.6 is 0 Å². The zero-order valence-electron chi connectivity index (χ0n) is 29.8. The summed E-state index contributed by atoms with van der Waals surface area (Å²) in [5.41, 5.74) is 0.759. The Labute approximate surface area is 270 Å². The molecule has 0 radical (unpaired) electrons. The summed E-state index contributed by atoms with van der Waals surface area (Å²) in [5, 5.41) is 0. The predicted molar refractivity (Wildman–Crippen MR) is 179 cm³/mol. The maximum atomic E-state index is 14.2. The van der Waals surface area contributed by atoms with Crippen LogP contribution in [0.15, 0.2) is 47.5 Å². The van der Waals surface area contributed by atoms with E-state index in [1.165, 1.54) is 0 Å². The first-order valence-corrected chi connectivity index (χ1v) is 15.7. The Kier molecular flexibility index (Phi) is 10.4. The minimum Gasteiger partial charge on any atom is -0.497 e. The molecule has 248 valence electrons. The van der Waals surface area contributed by atoms with Crippen molar-refractivity contribution in [3.8, 4) is 11.5 Å². The van der Waals surface area contributed by atoms with Gasteiger partial charge in [-0.15, -0.1) is 0 Å². The summed E-state index contributed by atoms with van der Waals surface area (Å²) in [6, 6.07) is 12.9. The van der Waals surface area contributed by atoms with Gasteiger partial charge < -0.3 is 18.9 Å². The molecular formula is C37H54N2O6. The number of carbonyl (C=O) groups excluding carboxylic acids is 2. The number of aliphatic imine (C=N–C) groups is 1. The smallest absolute Gasteiger partial charge is 0.412 e. The largest absolute Gasteiger partial charge is 0.497 e. The highest BCUT2D eigenvalue weighted by atomic mass is 16.6. The van der Waals surface area contributed by atoms with E-state index in [4.69, 9.17) is 23.9 Å². The van der Waals surface area contributed by atoms with Gasteiger partial charge in [-0.1, -0.05) is 92.6 Å². The number of rotatable bonds is 6. The Balaban J connectivity index is 2.17. The van der Waals surface area contributed by atoms with Crippen LogP contribution in [0.3, 0.4) is 0 Å². The minimum absolute atomic E-state index is 0.0353. The van der Waals surface area contributed by atoms with Crippen molar-refractivity contribution in [2.45, 2.75) is 124 Å². The van der Waals surface area contributed by atoms with Crippen molar-refractivity contribution in [2.75, 3.05) is 14.2 Å². The summed E-state index contributed by atoms with van der Waals surface area (Å²) in [7, 11) is 3.19. The molecule has 8 nitrogen and oxygen atoms in total. The van der Waals surface area contributed by atoms with Crippen molar-refractivity contribution in [3.05, 3.63) is 59.2 Å². The summed E-state index contributed by atoms with van der Waals surface area (Å²) in [5.74, 6) is 0.657. The first-order valence-electron chi connectivity index (χ1n) is 15.7. The quantitative estimate of drug-likeness (QED) is 0.238. The fraction of sp³-hybridized carbons (Fsp3) is 0.595. The van der Waals surface area contributed by atoms with E-state index in [0.29, 0.717) is 17.4 Å². The van der Waals surface area contributed by atoms with E-state index in [1.807, 2.05) is 84.0 Å². The molecule has 0 saturated heterocycles. The molecule has 0 bridgehead atoms. The van der Waals surface area contributed by atoms with Crippen LogP contribution in [0.1, 0.15) is 112 Å². The van der Waals surface area contributed by atoms with Crippen molar-refractivity contribution in [2.24, 2.45) is 10.4 Å². The van der Waals surface area contributed by atoms with Crippen LogP contribution in [0.2, 0.25) is 0 Å². The van der Waals surface area contributed by atoms with Gasteiger partial charge in [0.15, 0.2) is 0 Å². The van der Waals surface area contributed by atoms with Crippen molar-refractivity contribution in [3.63, 3.8) is 0 Å². The van der Waals surface area contributed by atoms with Crippen LogP contribution in [-0.4, -0.2) is 54.9 Å². The number of carbonyl (C=O) groups is 2. The van der Waals surface area contributed by atoms with E-state index in [1.54, 1.807) is 19.1 Å². The third-order valence-electron chi connectivity index (χ3n) is 7.78.